The van der Waals surface area contributed by atoms with Crippen LogP contribution in [0.25, 0.3) is 170 Å². The van der Waals surface area contributed by atoms with Gasteiger partial charge in [-0.15, -0.1) is 4.91 Å². The summed E-state index contributed by atoms with van der Waals surface area (Å²) in [5.41, 5.74) is 29.6. The molecule has 11 heteroatoms. The van der Waals surface area contributed by atoms with Crippen LogP contribution < -0.4 is 28.9 Å². The highest BCUT2D eigenvalue weighted by Crippen LogP contribution is 2.57. The summed E-state index contributed by atoms with van der Waals surface area (Å²) in [6.07, 6.45) is 0. The van der Waals surface area contributed by atoms with Gasteiger partial charge in [-0.3, -0.25) is 0 Å². The fourth-order valence-electron chi connectivity index (χ4n) is 21.9. The maximum absolute atomic E-state index is 11.3. The van der Waals surface area contributed by atoms with Crippen LogP contribution in [0.5, 0.6) is 34.5 Å². The highest BCUT2D eigenvalue weighted by molar-refractivity contribution is 6.19. The molecule has 0 saturated heterocycles. The quantitative estimate of drug-likeness (QED) is 0.100. The lowest BCUT2D eigenvalue weighted by atomic mass is 9.93. The van der Waals surface area contributed by atoms with Crippen molar-refractivity contribution >= 4 is 165 Å². The van der Waals surface area contributed by atoms with Crippen LogP contribution in [-0.4, -0.2) is 13.7 Å². The molecule has 11 nitrogen and oxygen atoms in total. The van der Waals surface area contributed by atoms with Crippen molar-refractivity contribution in [3.8, 4) is 96.1 Å². The number of rotatable bonds is 14. The summed E-state index contributed by atoms with van der Waals surface area (Å²) in [5.74, 6) is 5.25. The minimum absolute atomic E-state index is 0.391. The molecule has 0 bridgehead atoms. The predicted molar refractivity (Wildman–Crippen MR) is 584 cm³/mol. The smallest absolute Gasteiger partial charge is 0.135 e. The first kappa shape index (κ1) is 81.5. The van der Waals surface area contributed by atoms with E-state index in [2.05, 4.69) is 452 Å². The Bertz CT molecular complexity index is 9530. The Morgan fingerprint density at radius 2 is 0.482 bits per heavy atom. The zero-order valence-electron chi connectivity index (χ0n) is 76.2. The molecule has 662 valence electrons. The molecule has 0 amide bonds. The molecule has 0 atom stereocenters. The molecule has 3 aromatic heterocycles. The van der Waals surface area contributed by atoms with Crippen molar-refractivity contribution < 1.29 is 14.2 Å². The van der Waals surface area contributed by atoms with Crippen molar-refractivity contribution in [3.63, 3.8) is 0 Å². The van der Waals surface area contributed by atoms with Gasteiger partial charge in [-0.1, -0.05) is 291 Å². The first-order valence-corrected chi connectivity index (χ1v) is 47.6. The Labute approximate surface area is 812 Å². The van der Waals surface area contributed by atoms with Gasteiger partial charge in [0.25, 0.3) is 0 Å². The summed E-state index contributed by atoms with van der Waals surface area (Å²) in [4.78, 5) is 18.4. The summed E-state index contributed by atoms with van der Waals surface area (Å²) in [6.45, 7) is 0. The zero-order chi connectivity index (χ0) is 93.1. The lowest BCUT2D eigenvalue weighted by molar-refractivity contribution is 0.487. The van der Waals surface area contributed by atoms with Gasteiger partial charge in [0.05, 0.1) is 50.2 Å². The second-order valence-electron chi connectivity index (χ2n) is 36.0. The van der Waals surface area contributed by atoms with E-state index in [1.165, 1.54) is 82.0 Å². The third-order valence-electron chi connectivity index (χ3n) is 28.1. The van der Waals surface area contributed by atoms with E-state index in [9.17, 15) is 4.91 Å². The van der Waals surface area contributed by atoms with Crippen LogP contribution in [-0.2, 0) is 0 Å². The molecule has 141 heavy (non-hydrogen) atoms. The molecule has 0 N–H and O–H groups in total. The first-order valence-electron chi connectivity index (χ1n) is 47.6. The van der Waals surface area contributed by atoms with Gasteiger partial charge in [0.1, 0.15) is 40.2 Å². The number of para-hydroxylation sites is 9. The second-order valence-corrected chi connectivity index (χ2v) is 36.0. The number of aromatic nitrogens is 3. The van der Waals surface area contributed by atoms with Crippen molar-refractivity contribution in [2.75, 3.05) is 14.7 Å². The number of fused-ring (bicyclic) bond motifs is 16. The van der Waals surface area contributed by atoms with Crippen LogP contribution in [0.2, 0.25) is 0 Å². The minimum Gasteiger partial charge on any atom is -0.456 e. The molecular weight excluding hydrogens is 1720 g/mol. The standard InChI is InChI=1S/C46H30N2O.C44H28N2O.C40H25N3O2/c1-3-13-31(14-4-1)32-15-11-18-34(29-32)47(42-28-26-38-37-20-8-10-23-44(37)49-45-24-12-21-39(42)46(38)45)35-25-27-43-40(30-35)36-19-7-9-22-41(36)48(43)33-16-5-2-6-17-33;1-2-13-31(14-3-1)46-39-18-8-6-15-34(39)38-28-33(23-25-41(38)46)45(32-22-21-29-11-4-5-12-30(29)27-32)40-26-24-36-35-16-7-9-19-42(35)47-43-20-10-17-37(40)44(36)43;44-41-26-17-19-28(20-18-26)42(36-24-22-32-31-12-5-7-15-38(31)45-39-16-8-13-33(36)40(32)39)29-21-23-37-34(25-29)30-11-4-6-14-35(30)43(37)27-9-2-1-3-10-27/h1-30H;1-28H;1-25H. The topological polar surface area (TPSA) is 81.6 Å². The van der Waals surface area contributed by atoms with E-state index in [1.54, 1.807) is 12.1 Å². The van der Waals surface area contributed by atoms with Crippen molar-refractivity contribution in [2.24, 2.45) is 5.18 Å². The molecule has 26 aromatic rings. The average Bonchev–Trinajstić information content (AvgIpc) is 1.70. The molecule has 0 unspecified atom stereocenters. The molecular formula is C130H83N7O4. The van der Waals surface area contributed by atoms with Gasteiger partial charge >= 0.3 is 0 Å². The second kappa shape index (κ2) is 33.8. The zero-order valence-corrected chi connectivity index (χ0v) is 76.2. The number of hydrogen-bond donors (Lipinski definition) is 0. The Morgan fingerprint density at radius 3 is 0.894 bits per heavy atom. The van der Waals surface area contributed by atoms with E-state index in [-0.39, 0.29) is 0 Å². The van der Waals surface area contributed by atoms with E-state index in [0.29, 0.717) is 5.69 Å². The lowest BCUT2D eigenvalue weighted by Gasteiger charge is -2.29. The Hall–Kier alpha value is -19.1. The van der Waals surface area contributed by atoms with Gasteiger partial charge in [-0.2, -0.15) is 0 Å². The highest BCUT2D eigenvalue weighted by Gasteiger charge is 2.31. The van der Waals surface area contributed by atoms with Gasteiger partial charge in [-0.05, 0) is 256 Å². The predicted octanol–water partition coefficient (Wildman–Crippen LogP) is 36.8. The van der Waals surface area contributed by atoms with Crippen LogP contribution in [0.1, 0.15) is 0 Å². The number of nitrogens with zero attached hydrogens (tertiary/aromatic N) is 7. The summed E-state index contributed by atoms with van der Waals surface area (Å²) < 4.78 is 26.4. The number of nitroso groups, excluding NO2 is 1. The molecule has 23 aromatic carbocycles. The van der Waals surface area contributed by atoms with Crippen molar-refractivity contribution in [2.45, 2.75) is 0 Å². The van der Waals surface area contributed by atoms with Crippen molar-refractivity contribution in [3.05, 3.63) is 508 Å². The van der Waals surface area contributed by atoms with Gasteiger partial charge in [0.2, 0.25) is 0 Å². The first-order chi connectivity index (χ1) is 69.9. The monoisotopic (exact) mass is 1810 g/mol. The van der Waals surface area contributed by atoms with E-state index in [0.717, 1.165) is 174 Å². The highest BCUT2D eigenvalue weighted by atomic mass is 16.5. The summed E-state index contributed by atoms with van der Waals surface area (Å²) >= 11 is 0. The van der Waals surface area contributed by atoms with Gasteiger partial charge in [-0.25, -0.2) is 0 Å². The molecule has 0 saturated carbocycles. The van der Waals surface area contributed by atoms with Crippen LogP contribution in [0.15, 0.2) is 509 Å². The SMILES string of the molecule is O=Nc1ccc(N(c2ccc3c(c2)c2ccccc2n3-c2ccccc2)c2ccc3c4c(cccc24)Oc2ccccc2-3)cc1.c1ccc(-c2cccc(N(c3ccc4c(c3)c3ccccc3n4-c3ccccc3)c3ccc4c5c(cccc35)Oc3ccccc3-4)c2)cc1.c1ccc(-n2c3ccccc3c3cc(N(c4ccc5ccccc5c4)c4ccc5c6c(cccc46)Oc4ccccc4-5)ccc32)cc1. The minimum atomic E-state index is 0.391. The number of benzene rings is 23. The molecule has 0 spiro atoms. The third-order valence-corrected chi connectivity index (χ3v) is 28.1. The van der Waals surface area contributed by atoms with E-state index >= 15 is 0 Å². The fourth-order valence-corrected chi connectivity index (χ4v) is 21.9. The number of anilines is 9. The molecule has 3 aliphatic heterocycles. The molecule has 3 aliphatic rings. The Kier molecular flexibility index (Phi) is 19.5. The van der Waals surface area contributed by atoms with Crippen LogP contribution in [0.3, 0.4) is 0 Å². The third kappa shape index (κ3) is 13.7. The Morgan fingerprint density at radius 1 is 0.184 bits per heavy atom. The van der Waals surface area contributed by atoms with Crippen LogP contribution in [0.4, 0.5) is 56.9 Å². The summed E-state index contributed by atoms with van der Waals surface area (Å²) in [6, 6.07) is 178. The summed E-state index contributed by atoms with van der Waals surface area (Å²) in [7, 11) is 0. The maximum Gasteiger partial charge on any atom is 0.135 e. The van der Waals surface area contributed by atoms with Crippen molar-refractivity contribution in [1.82, 2.24) is 13.7 Å². The fraction of sp³-hybridized carbons (Fsp3) is 0. The number of ether oxygens (including phenoxy) is 3. The molecule has 29 rings (SSSR count). The molecule has 0 aliphatic carbocycles. The van der Waals surface area contributed by atoms with E-state index in [4.69, 9.17) is 14.2 Å². The van der Waals surface area contributed by atoms with Gasteiger partial charge < -0.3 is 42.6 Å². The Balaban J connectivity index is 0.000000106. The van der Waals surface area contributed by atoms with Crippen LogP contribution in [0, 0.1) is 4.91 Å². The van der Waals surface area contributed by atoms with Crippen molar-refractivity contribution in [1.29, 1.82) is 0 Å². The van der Waals surface area contributed by atoms with E-state index in [1.807, 2.05) is 72.8 Å². The van der Waals surface area contributed by atoms with Gasteiger partial charge in [0.15, 0.2) is 0 Å². The number of hydrogen-bond acceptors (Lipinski definition) is 8. The normalized spacial score (nSPS) is 11.9. The van der Waals surface area contributed by atoms with Gasteiger partial charge in [0, 0.05) is 133 Å². The molecule has 0 fully saturated rings. The molecule has 6 heterocycles. The largest absolute Gasteiger partial charge is 0.456 e. The average molecular weight is 1810 g/mol. The summed E-state index contributed by atoms with van der Waals surface area (Å²) in [5, 5.41) is 19.5. The van der Waals surface area contributed by atoms with E-state index < -0.39 is 0 Å². The maximum atomic E-state index is 11.3. The molecule has 0 radical (unpaired) electrons. The van der Waals surface area contributed by atoms with Crippen LogP contribution >= 0.6 is 0 Å². The lowest BCUT2D eigenvalue weighted by Crippen LogP contribution is -2.11.